The van der Waals surface area contributed by atoms with E-state index in [1.165, 1.54) is 0 Å². The predicted octanol–water partition coefficient (Wildman–Crippen LogP) is 1.77. The molecular weight excluding hydrogens is 429 g/mol. The van der Waals surface area contributed by atoms with Crippen molar-refractivity contribution in [1.82, 2.24) is 25.8 Å². The highest BCUT2D eigenvalue weighted by Crippen LogP contribution is 2.18. The lowest BCUT2D eigenvalue weighted by molar-refractivity contribution is 0.387. The van der Waals surface area contributed by atoms with Crippen LogP contribution in [0.4, 0.5) is 5.13 Å². The smallest absolute Gasteiger partial charge is 0.223 e. The molecule has 0 spiro atoms. The summed E-state index contributed by atoms with van der Waals surface area (Å²) in [5.74, 6) is 1.86. The van der Waals surface area contributed by atoms with Gasteiger partial charge in [-0.1, -0.05) is 5.16 Å². The van der Waals surface area contributed by atoms with Crippen LogP contribution in [0, 0.1) is 6.92 Å². The van der Waals surface area contributed by atoms with Crippen molar-refractivity contribution in [2.75, 3.05) is 25.5 Å². The first kappa shape index (κ1) is 19.6. The summed E-state index contributed by atoms with van der Waals surface area (Å²) in [7, 11) is 3.95. The van der Waals surface area contributed by atoms with Crippen molar-refractivity contribution in [3.05, 3.63) is 22.8 Å². The highest BCUT2D eigenvalue weighted by Gasteiger charge is 2.06. The van der Waals surface area contributed by atoms with E-state index in [9.17, 15) is 0 Å². The molecule has 0 radical (unpaired) electrons. The fourth-order valence-corrected chi connectivity index (χ4v) is 2.40. The second-order valence-corrected chi connectivity index (χ2v) is 5.63. The van der Waals surface area contributed by atoms with Gasteiger partial charge in [-0.3, -0.25) is 0 Å². The second kappa shape index (κ2) is 9.65. The molecule has 0 saturated heterocycles. The van der Waals surface area contributed by atoms with Crippen LogP contribution in [0.15, 0.2) is 14.9 Å². The van der Waals surface area contributed by atoms with Gasteiger partial charge in [0.2, 0.25) is 5.89 Å². The minimum Gasteiger partial charge on any atom is -0.357 e. The maximum atomic E-state index is 4.94. The largest absolute Gasteiger partial charge is 0.357 e. The quantitative estimate of drug-likeness (QED) is 0.393. The van der Waals surface area contributed by atoms with E-state index in [0.717, 1.165) is 17.4 Å². The Bertz CT molecular complexity index is 625. The Morgan fingerprint density at radius 3 is 2.70 bits per heavy atom. The summed E-state index contributed by atoms with van der Waals surface area (Å²) in [5, 5.41) is 13.2. The monoisotopic (exact) mass is 451 g/mol. The summed E-state index contributed by atoms with van der Waals surface area (Å²) in [5.41, 5.74) is 0.946. The molecule has 2 rings (SSSR count). The molecule has 0 aromatic carbocycles. The lowest BCUT2D eigenvalue weighted by Crippen LogP contribution is -2.37. The molecule has 23 heavy (non-hydrogen) atoms. The van der Waals surface area contributed by atoms with Gasteiger partial charge >= 0.3 is 0 Å². The number of hydrogen-bond acceptors (Lipinski definition) is 7. The number of rotatable bonds is 6. The van der Waals surface area contributed by atoms with Gasteiger partial charge < -0.3 is 20.1 Å². The first-order valence-electron chi connectivity index (χ1n) is 7.01. The molecule has 2 heterocycles. The Hall–Kier alpha value is -1.43. The zero-order chi connectivity index (χ0) is 15.9. The lowest BCUT2D eigenvalue weighted by Gasteiger charge is -2.09. The molecule has 128 valence electrons. The van der Waals surface area contributed by atoms with Crippen molar-refractivity contribution in [3.63, 3.8) is 0 Å². The molecule has 0 aliphatic carbocycles. The fourth-order valence-electron chi connectivity index (χ4n) is 1.65. The highest BCUT2D eigenvalue weighted by molar-refractivity contribution is 14.0. The number of halogens is 1. The Labute approximate surface area is 156 Å². The van der Waals surface area contributed by atoms with Gasteiger partial charge in [-0.2, -0.15) is 4.98 Å². The molecule has 0 fully saturated rings. The van der Waals surface area contributed by atoms with Crippen LogP contribution >= 0.6 is 35.3 Å². The third-order valence-corrected chi connectivity index (χ3v) is 3.71. The minimum absolute atomic E-state index is 0. The van der Waals surface area contributed by atoms with E-state index < -0.39 is 0 Å². The zero-order valence-electron chi connectivity index (χ0n) is 13.7. The van der Waals surface area contributed by atoms with Gasteiger partial charge in [0.25, 0.3) is 0 Å². The molecule has 0 unspecified atom stereocenters. The first-order valence-corrected chi connectivity index (χ1v) is 7.89. The van der Waals surface area contributed by atoms with Gasteiger partial charge in [0.15, 0.2) is 16.9 Å². The van der Waals surface area contributed by atoms with Crippen LogP contribution in [0.2, 0.25) is 0 Å². The van der Waals surface area contributed by atoms with Crippen molar-refractivity contribution in [3.8, 4) is 0 Å². The highest BCUT2D eigenvalue weighted by atomic mass is 127. The van der Waals surface area contributed by atoms with Gasteiger partial charge in [0.1, 0.15) is 0 Å². The van der Waals surface area contributed by atoms with Crippen LogP contribution in [0.1, 0.15) is 24.3 Å². The summed E-state index contributed by atoms with van der Waals surface area (Å²) >= 11 is 1.61. The normalized spacial score (nSPS) is 11.0. The van der Waals surface area contributed by atoms with Crippen LogP contribution in [-0.4, -0.2) is 41.7 Å². The van der Waals surface area contributed by atoms with Crippen LogP contribution < -0.4 is 15.5 Å². The maximum Gasteiger partial charge on any atom is 0.223 e. The molecule has 0 aliphatic heterocycles. The number of thiazole rings is 1. The molecular formula is C13H22IN7OS. The van der Waals surface area contributed by atoms with E-state index in [0.29, 0.717) is 30.8 Å². The molecule has 10 heteroatoms. The van der Waals surface area contributed by atoms with Crippen LogP contribution in [0.5, 0.6) is 0 Å². The van der Waals surface area contributed by atoms with Gasteiger partial charge in [-0.05, 0) is 6.92 Å². The number of aromatic nitrogens is 3. The second-order valence-electron chi connectivity index (χ2n) is 4.79. The number of aliphatic imine (C=N–C) groups is 1. The molecule has 0 amide bonds. The molecule has 8 nitrogen and oxygen atoms in total. The average Bonchev–Trinajstić information content (AvgIpc) is 3.11. The molecule has 0 aliphatic rings. The van der Waals surface area contributed by atoms with E-state index in [1.807, 2.05) is 31.3 Å². The van der Waals surface area contributed by atoms with E-state index in [4.69, 9.17) is 4.52 Å². The number of hydrogen-bond donors (Lipinski definition) is 2. The summed E-state index contributed by atoms with van der Waals surface area (Å²) in [6.07, 6.45) is 0. The summed E-state index contributed by atoms with van der Waals surface area (Å²) in [6, 6.07) is 0. The third kappa shape index (κ3) is 6.29. The van der Waals surface area contributed by atoms with Crippen LogP contribution in [0.3, 0.4) is 0 Å². The van der Waals surface area contributed by atoms with E-state index in [-0.39, 0.29) is 24.0 Å². The Morgan fingerprint density at radius 2 is 2.13 bits per heavy atom. The molecule has 2 aromatic rings. The van der Waals surface area contributed by atoms with Crippen molar-refractivity contribution in [1.29, 1.82) is 0 Å². The number of guanidine groups is 1. The van der Waals surface area contributed by atoms with Gasteiger partial charge in [-0.25, -0.2) is 9.98 Å². The van der Waals surface area contributed by atoms with E-state index >= 15 is 0 Å². The SMILES string of the molecule is CCNC(=NCc1csc(N(C)C)n1)NCc1noc(C)n1.I. The average molecular weight is 451 g/mol. The number of nitrogens with zero attached hydrogens (tertiary/aromatic N) is 5. The predicted molar refractivity (Wildman–Crippen MR) is 103 cm³/mol. The van der Waals surface area contributed by atoms with Crippen molar-refractivity contribution < 1.29 is 4.52 Å². The van der Waals surface area contributed by atoms with Gasteiger partial charge in [0.05, 0.1) is 18.8 Å². The molecule has 0 bridgehead atoms. The minimum atomic E-state index is 0. The van der Waals surface area contributed by atoms with Crippen molar-refractivity contribution in [2.45, 2.75) is 26.9 Å². The van der Waals surface area contributed by atoms with E-state index in [2.05, 4.69) is 30.8 Å². The Kier molecular flexibility index (Phi) is 8.23. The number of aryl methyl sites for hydroxylation is 1. The number of nitrogens with one attached hydrogen (secondary N) is 2. The van der Waals surface area contributed by atoms with Crippen molar-refractivity contribution >= 4 is 46.4 Å². The fraction of sp³-hybridized carbons (Fsp3) is 0.538. The van der Waals surface area contributed by atoms with Gasteiger partial charge in [-0.15, -0.1) is 35.3 Å². The zero-order valence-corrected chi connectivity index (χ0v) is 16.8. The number of anilines is 1. The topological polar surface area (TPSA) is 91.5 Å². The van der Waals surface area contributed by atoms with Crippen molar-refractivity contribution in [2.24, 2.45) is 4.99 Å². The van der Waals surface area contributed by atoms with Gasteiger partial charge in [0, 0.05) is 32.9 Å². The van der Waals surface area contributed by atoms with E-state index in [1.54, 1.807) is 18.3 Å². The molecule has 0 atom stereocenters. The molecule has 2 N–H and O–H groups in total. The molecule has 2 aromatic heterocycles. The summed E-state index contributed by atoms with van der Waals surface area (Å²) < 4.78 is 4.94. The maximum absolute atomic E-state index is 4.94. The Balaban J connectivity index is 0.00000264. The third-order valence-electron chi connectivity index (χ3n) is 2.65. The summed E-state index contributed by atoms with van der Waals surface area (Å²) in [4.78, 5) is 15.1. The standard InChI is InChI=1S/C13H21N7OS.HI/c1-5-14-12(16-7-11-17-9(2)21-19-11)15-6-10-8-22-13(18-10)20(3)4;/h8H,5-7H2,1-4H3,(H2,14,15,16);1H. The summed E-state index contributed by atoms with van der Waals surface area (Å²) in [6.45, 7) is 5.54. The van der Waals surface area contributed by atoms with Crippen LogP contribution in [0.25, 0.3) is 0 Å². The lowest BCUT2D eigenvalue weighted by atomic mass is 10.5. The molecule has 0 saturated carbocycles. The Morgan fingerprint density at radius 1 is 1.35 bits per heavy atom. The first-order chi connectivity index (χ1) is 10.6. The van der Waals surface area contributed by atoms with Crippen LogP contribution in [-0.2, 0) is 13.1 Å².